The maximum Gasteiger partial charge on any atom is 0.188 e. The van der Waals surface area contributed by atoms with Gasteiger partial charge in [-0.2, -0.15) is 0 Å². The molecule has 0 unspecified atom stereocenters. The molecule has 0 saturated carbocycles. The standard InChI is InChI=1S/C22H16ClN5.2ClH/c1-14-5-6-15(10-20(14)23)12-26-22-19-11-17(24-2)7-8-18(19)21(27-28-22)16-4-3-9-25-13-16;;/h3-11,13H,12H2,1H3,(H,26,28);2*1H. The molecule has 0 aliphatic carbocycles. The maximum absolute atomic E-state index is 7.33. The topological polar surface area (TPSA) is 55.1 Å². The third kappa shape index (κ3) is 4.80. The van der Waals surface area contributed by atoms with Crippen molar-refractivity contribution in [3.05, 3.63) is 88.5 Å². The van der Waals surface area contributed by atoms with Crippen molar-refractivity contribution in [1.29, 1.82) is 0 Å². The highest BCUT2D eigenvalue weighted by Crippen LogP contribution is 2.32. The molecule has 5 nitrogen and oxygen atoms in total. The van der Waals surface area contributed by atoms with Crippen LogP contribution in [0.5, 0.6) is 0 Å². The van der Waals surface area contributed by atoms with Crippen molar-refractivity contribution < 1.29 is 0 Å². The molecule has 0 aliphatic rings. The van der Waals surface area contributed by atoms with Gasteiger partial charge in [-0.1, -0.05) is 35.9 Å². The van der Waals surface area contributed by atoms with E-state index in [0.29, 0.717) is 18.1 Å². The van der Waals surface area contributed by atoms with Crippen molar-refractivity contribution in [3.63, 3.8) is 0 Å². The summed E-state index contributed by atoms with van der Waals surface area (Å²) in [7, 11) is 0. The largest absolute Gasteiger partial charge is 0.364 e. The van der Waals surface area contributed by atoms with Gasteiger partial charge < -0.3 is 5.32 Å². The minimum absolute atomic E-state index is 0. The minimum Gasteiger partial charge on any atom is -0.364 e. The number of rotatable bonds is 4. The molecule has 2 aromatic heterocycles. The van der Waals surface area contributed by atoms with E-state index in [4.69, 9.17) is 18.2 Å². The van der Waals surface area contributed by atoms with Crippen LogP contribution in [0.15, 0.2) is 60.9 Å². The molecule has 0 bridgehead atoms. The Morgan fingerprint density at radius 1 is 1.03 bits per heavy atom. The van der Waals surface area contributed by atoms with Gasteiger partial charge in [0.25, 0.3) is 0 Å². The first-order valence-corrected chi connectivity index (χ1v) is 9.10. The molecule has 0 atom stereocenters. The average Bonchev–Trinajstić information content (AvgIpc) is 2.74. The molecule has 0 saturated heterocycles. The number of anilines is 1. The first-order valence-electron chi connectivity index (χ1n) is 8.73. The van der Waals surface area contributed by atoms with Gasteiger partial charge in [0, 0.05) is 40.3 Å². The molecular weight excluding hydrogens is 441 g/mol. The summed E-state index contributed by atoms with van der Waals surface area (Å²) in [5, 5.41) is 14.6. The fraction of sp³-hybridized carbons (Fsp3) is 0.0909. The second-order valence-corrected chi connectivity index (χ2v) is 6.82. The number of pyridine rings is 1. The van der Waals surface area contributed by atoms with Crippen LogP contribution in [0.1, 0.15) is 11.1 Å². The van der Waals surface area contributed by atoms with Gasteiger partial charge in [-0.3, -0.25) is 4.98 Å². The van der Waals surface area contributed by atoms with Crippen LogP contribution in [-0.2, 0) is 6.54 Å². The van der Waals surface area contributed by atoms with Crippen LogP contribution in [-0.4, -0.2) is 15.2 Å². The lowest BCUT2D eigenvalue weighted by atomic mass is 10.1. The van der Waals surface area contributed by atoms with Crippen molar-refractivity contribution in [1.82, 2.24) is 15.2 Å². The van der Waals surface area contributed by atoms with Crippen LogP contribution in [0, 0.1) is 13.5 Å². The molecule has 0 fully saturated rings. The number of aromatic nitrogens is 3. The van der Waals surface area contributed by atoms with E-state index in [-0.39, 0.29) is 24.8 Å². The van der Waals surface area contributed by atoms with E-state index in [0.717, 1.165) is 38.2 Å². The van der Waals surface area contributed by atoms with Gasteiger partial charge in [0.15, 0.2) is 11.5 Å². The van der Waals surface area contributed by atoms with Crippen LogP contribution in [0.25, 0.3) is 26.9 Å². The van der Waals surface area contributed by atoms with Gasteiger partial charge in [-0.25, -0.2) is 4.85 Å². The highest BCUT2D eigenvalue weighted by Gasteiger charge is 2.12. The Bertz CT molecular complexity index is 1210. The number of hydrogen-bond donors (Lipinski definition) is 1. The number of hydrogen-bond acceptors (Lipinski definition) is 4. The lowest BCUT2D eigenvalue weighted by Gasteiger charge is -2.12. The fourth-order valence-electron chi connectivity index (χ4n) is 2.99. The van der Waals surface area contributed by atoms with Crippen molar-refractivity contribution in [2.75, 3.05) is 5.32 Å². The van der Waals surface area contributed by atoms with E-state index in [9.17, 15) is 0 Å². The van der Waals surface area contributed by atoms with Gasteiger partial charge in [-0.15, -0.1) is 35.0 Å². The third-order valence-corrected chi connectivity index (χ3v) is 4.93. The van der Waals surface area contributed by atoms with Crippen molar-refractivity contribution in [2.45, 2.75) is 13.5 Å². The smallest absolute Gasteiger partial charge is 0.188 e. The number of aryl methyl sites for hydroxylation is 1. The Morgan fingerprint density at radius 2 is 1.87 bits per heavy atom. The highest BCUT2D eigenvalue weighted by molar-refractivity contribution is 6.31. The summed E-state index contributed by atoms with van der Waals surface area (Å²) >= 11 is 6.22. The Morgan fingerprint density at radius 3 is 2.57 bits per heavy atom. The Hall–Kier alpha value is -2.91. The summed E-state index contributed by atoms with van der Waals surface area (Å²) in [6, 6.07) is 15.3. The predicted octanol–water partition coefficient (Wildman–Crippen LogP) is 6.66. The van der Waals surface area contributed by atoms with Crippen LogP contribution in [0.3, 0.4) is 0 Å². The number of nitrogens with zero attached hydrogens (tertiary/aromatic N) is 4. The normalized spacial score (nSPS) is 9.90. The lowest BCUT2D eigenvalue weighted by Crippen LogP contribution is -2.04. The zero-order chi connectivity index (χ0) is 19.5. The van der Waals surface area contributed by atoms with Crippen molar-refractivity contribution in [2.24, 2.45) is 0 Å². The van der Waals surface area contributed by atoms with Gasteiger partial charge in [0.2, 0.25) is 0 Å². The Labute approximate surface area is 192 Å². The monoisotopic (exact) mass is 457 g/mol. The summed E-state index contributed by atoms with van der Waals surface area (Å²) in [4.78, 5) is 7.72. The molecule has 1 N–H and O–H groups in total. The summed E-state index contributed by atoms with van der Waals surface area (Å²) < 4.78 is 0. The highest BCUT2D eigenvalue weighted by atomic mass is 35.5. The predicted molar refractivity (Wildman–Crippen MR) is 127 cm³/mol. The third-order valence-electron chi connectivity index (χ3n) is 4.52. The first-order chi connectivity index (χ1) is 13.7. The SMILES string of the molecule is Cl.Cl.[C-]#[N+]c1ccc2c(-c3cccnc3)nnc(NCc3ccc(C)c(Cl)c3)c2c1. The number of benzene rings is 2. The molecule has 152 valence electrons. The molecular formula is C22H18Cl3N5. The van der Waals surface area contributed by atoms with Crippen molar-refractivity contribution >= 4 is 58.7 Å². The van der Waals surface area contributed by atoms with E-state index in [1.54, 1.807) is 18.5 Å². The number of fused-ring (bicyclic) bond motifs is 1. The summed E-state index contributed by atoms with van der Waals surface area (Å²) in [6.07, 6.45) is 3.48. The molecule has 0 aliphatic heterocycles. The summed E-state index contributed by atoms with van der Waals surface area (Å²) in [6.45, 7) is 9.86. The van der Waals surface area contributed by atoms with Gasteiger partial charge in [-0.05, 0) is 42.3 Å². The molecule has 0 spiro atoms. The van der Waals surface area contributed by atoms with E-state index < -0.39 is 0 Å². The molecule has 2 heterocycles. The van der Waals surface area contributed by atoms with Crippen molar-refractivity contribution in [3.8, 4) is 11.3 Å². The van der Waals surface area contributed by atoms with Crippen LogP contribution >= 0.6 is 36.4 Å². The summed E-state index contributed by atoms with van der Waals surface area (Å²) in [5.41, 5.74) is 4.26. The maximum atomic E-state index is 7.33. The molecule has 0 amide bonds. The quantitative estimate of drug-likeness (QED) is 0.347. The second-order valence-electron chi connectivity index (χ2n) is 6.42. The molecule has 8 heteroatoms. The minimum atomic E-state index is 0. The summed E-state index contributed by atoms with van der Waals surface area (Å²) in [5.74, 6) is 0.629. The van der Waals surface area contributed by atoms with E-state index >= 15 is 0 Å². The number of nitrogens with one attached hydrogen (secondary N) is 1. The molecule has 4 rings (SSSR count). The molecule has 0 radical (unpaired) electrons. The first kappa shape index (κ1) is 23.4. The molecule has 2 aromatic carbocycles. The zero-order valence-electron chi connectivity index (χ0n) is 16.0. The number of halogens is 3. The molecule has 30 heavy (non-hydrogen) atoms. The van der Waals surface area contributed by atoms with E-state index in [2.05, 4.69) is 25.3 Å². The fourth-order valence-corrected chi connectivity index (χ4v) is 3.19. The van der Waals surface area contributed by atoms with E-state index in [1.807, 2.05) is 49.4 Å². The zero-order valence-corrected chi connectivity index (χ0v) is 18.4. The van der Waals surface area contributed by atoms with Gasteiger partial charge in [0.05, 0.1) is 6.57 Å². The Balaban J connectivity index is 0.00000160. The second kappa shape index (κ2) is 10.2. The lowest BCUT2D eigenvalue weighted by molar-refractivity contribution is 1.02. The average molecular weight is 459 g/mol. The molecule has 4 aromatic rings. The van der Waals surface area contributed by atoms with Crippen LogP contribution in [0.4, 0.5) is 11.5 Å². The van der Waals surface area contributed by atoms with Gasteiger partial charge in [0.1, 0.15) is 5.69 Å². The van der Waals surface area contributed by atoms with Gasteiger partial charge >= 0.3 is 0 Å². The van der Waals surface area contributed by atoms with Crippen LogP contribution < -0.4 is 5.32 Å². The van der Waals surface area contributed by atoms with E-state index in [1.165, 1.54) is 0 Å². The van der Waals surface area contributed by atoms with Crippen LogP contribution in [0.2, 0.25) is 5.02 Å². The Kier molecular flexibility index (Phi) is 7.96.